The Morgan fingerprint density at radius 3 is 1.36 bits per heavy atom. The van der Waals surface area contributed by atoms with Gasteiger partial charge in [-0.1, -0.05) is 0 Å². The summed E-state index contributed by atoms with van der Waals surface area (Å²) >= 11 is 0. The molecule has 0 fully saturated rings. The van der Waals surface area contributed by atoms with Crippen LogP contribution in [-0.2, 0) is 9.59 Å². The number of rotatable bonds is 2. The summed E-state index contributed by atoms with van der Waals surface area (Å²) in [6, 6.07) is 3.28. The maximum absolute atomic E-state index is 9.55. The van der Waals surface area contributed by atoms with Crippen LogP contribution in [0, 0.1) is 0 Å². The lowest BCUT2D eigenvalue weighted by atomic mass is 10.5. The molecule has 0 bridgehead atoms. The van der Waals surface area contributed by atoms with Gasteiger partial charge in [0.2, 0.25) is 0 Å². The largest absolute Gasteiger partial charge is 0.478 e. The number of aliphatic carboxylic acids is 2. The van der Waals surface area contributed by atoms with Gasteiger partial charge in [-0.2, -0.15) is 0 Å². The molecule has 0 atom stereocenters. The highest BCUT2D eigenvalue weighted by molar-refractivity contribution is 5.89. The number of hydrogen-bond acceptors (Lipinski definition) is 8. The fraction of sp³-hybridized carbons (Fsp3) is 0. The number of carbonyl (C=O) groups is 2. The minimum Gasteiger partial charge on any atom is -0.478 e. The molecular formula is C12H14N6O4. The summed E-state index contributed by atoms with van der Waals surface area (Å²) in [4.78, 5) is 33.7. The maximum Gasteiger partial charge on any atom is 0.328 e. The Kier molecular flexibility index (Phi) is 9.46. The molecular weight excluding hydrogens is 292 g/mol. The Morgan fingerprint density at radius 2 is 1.23 bits per heavy atom. The normalized spacial score (nSPS) is 8.91. The molecule has 10 nitrogen and oxygen atoms in total. The molecule has 0 aliphatic carbocycles. The highest BCUT2D eigenvalue weighted by atomic mass is 16.4. The van der Waals surface area contributed by atoms with Crippen molar-refractivity contribution >= 4 is 23.6 Å². The summed E-state index contributed by atoms with van der Waals surface area (Å²) in [5.41, 5.74) is 10.4. The molecule has 2 heterocycles. The van der Waals surface area contributed by atoms with E-state index in [9.17, 15) is 9.59 Å². The summed E-state index contributed by atoms with van der Waals surface area (Å²) in [5.74, 6) is -1.50. The molecule has 116 valence electrons. The van der Waals surface area contributed by atoms with Gasteiger partial charge in [-0.15, -0.1) is 0 Å². The van der Waals surface area contributed by atoms with Crippen LogP contribution in [0.25, 0.3) is 0 Å². The van der Waals surface area contributed by atoms with Crippen LogP contribution in [0.4, 0.5) is 11.6 Å². The van der Waals surface area contributed by atoms with Crippen molar-refractivity contribution in [1.82, 2.24) is 19.9 Å². The summed E-state index contributed by atoms with van der Waals surface area (Å²) in [6.07, 6.45) is 7.14. The second-order valence-electron chi connectivity index (χ2n) is 3.28. The molecule has 2 aromatic heterocycles. The Morgan fingerprint density at radius 1 is 0.864 bits per heavy atom. The van der Waals surface area contributed by atoms with E-state index in [4.69, 9.17) is 21.7 Å². The molecule has 22 heavy (non-hydrogen) atoms. The number of aromatic nitrogens is 4. The van der Waals surface area contributed by atoms with E-state index in [1.807, 2.05) is 0 Å². The van der Waals surface area contributed by atoms with Crippen LogP contribution in [0.3, 0.4) is 0 Å². The van der Waals surface area contributed by atoms with Crippen LogP contribution in [-0.4, -0.2) is 42.1 Å². The van der Waals surface area contributed by atoms with E-state index in [-0.39, 0.29) is 0 Å². The van der Waals surface area contributed by atoms with Crippen molar-refractivity contribution < 1.29 is 19.8 Å². The van der Waals surface area contributed by atoms with Gasteiger partial charge >= 0.3 is 11.9 Å². The Labute approximate surface area is 125 Å². The average molecular weight is 306 g/mol. The third-order valence-electron chi connectivity index (χ3n) is 1.58. The van der Waals surface area contributed by atoms with E-state index >= 15 is 0 Å². The molecule has 10 heteroatoms. The molecule has 0 amide bonds. The maximum atomic E-state index is 9.55. The van der Waals surface area contributed by atoms with Crippen LogP contribution < -0.4 is 11.5 Å². The zero-order valence-corrected chi connectivity index (χ0v) is 11.3. The molecule has 6 N–H and O–H groups in total. The summed E-state index contributed by atoms with van der Waals surface area (Å²) in [5, 5.41) is 15.6. The smallest absolute Gasteiger partial charge is 0.328 e. The molecule has 0 radical (unpaired) electrons. The molecule has 0 aliphatic heterocycles. The molecule has 0 aromatic carbocycles. The predicted molar refractivity (Wildman–Crippen MR) is 77.3 cm³/mol. The van der Waals surface area contributed by atoms with Gasteiger partial charge in [0, 0.05) is 24.5 Å². The second-order valence-corrected chi connectivity index (χ2v) is 3.28. The molecule has 2 aromatic rings. The number of anilines is 2. The summed E-state index contributed by atoms with van der Waals surface area (Å²) < 4.78 is 0. The average Bonchev–Trinajstić information content (AvgIpc) is 2.48. The predicted octanol–water partition coefficient (Wildman–Crippen LogP) is -0.171. The second kappa shape index (κ2) is 11.3. The highest BCUT2D eigenvalue weighted by Gasteiger charge is 1.88. The van der Waals surface area contributed by atoms with E-state index in [1.54, 1.807) is 24.5 Å². The standard InChI is InChI=1S/2C4H5N3.C4H4O4/c2*5-4-1-2-6-3-7-4;5-3(6)1-2-4(7)8/h2*1-3H,(H2,5,6,7);1-2H,(H,5,6)(H,7,8)/b;;2-1-. The van der Waals surface area contributed by atoms with E-state index in [0.29, 0.717) is 23.8 Å². The topological polar surface area (TPSA) is 178 Å². The molecule has 0 saturated carbocycles. The van der Waals surface area contributed by atoms with Gasteiger partial charge < -0.3 is 21.7 Å². The molecule has 0 unspecified atom stereocenters. The number of carboxylic acid groups (broad SMARTS) is 2. The Bertz CT molecular complexity index is 538. The number of nitrogens with zero attached hydrogens (tertiary/aromatic N) is 4. The van der Waals surface area contributed by atoms with Crippen molar-refractivity contribution in [1.29, 1.82) is 0 Å². The summed E-state index contributed by atoms with van der Waals surface area (Å²) in [7, 11) is 0. The van der Waals surface area contributed by atoms with Gasteiger partial charge in [-0.3, -0.25) is 0 Å². The fourth-order valence-electron chi connectivity index (χ4n) is 0.744. The van der Waals surface area contributed by atoms with E-state index in [2.05, 4.69) is 19.9 Å². The van der Waals surface area contributed by atoms with E-state index in [1.165, 1.54) is 12.7 Å². The number of nitrogen functional groups attached to an aromatic ring is 2. The third kappa shape index (κ3) is 12.9. The highest BCUT2D eigenvalue weighted by Crippen LogP contribution is 1.86. The summed E-state index contributed by atoms with van der Waals surface area (Å²) in [6.45, 7) is 0. The lowest BCUT2D eigenvalue weighted by Crippen LogP contribution is -1.91. The first-order chi connectivity index (χ1) is 10.4. The number of nitrogens with two attached hydrogens (primary N) is 2. The van der Waals surface area contributed by atoms with Crippen molar-refractivity contribution in [3.63, 3.8) is 0 Å². The van der Waals surface area contributed by atoms with Crippen molar-refractivity contribution in [3.8, 4) is 0 Å². The van der Waals surface area contributed by atoms with Crippen LogP contribution in [0.1, 0.15) is 0 Å². The SMILES string of the molecule is Nc1ccncn1.Nc1ccncn1.O=C(O)/C=C\C(=O)O. The van der Waals surface area contributed by atoms with E-state index in [0.717, 1.165) is 0 Å². The van der Waals surface area contributed by atoms with Crippen LogP contribution >= 0.6 is 0 Å². The van der Waals surface area contributed by atoms with Crippen molar-refractivity contribution in [2.24, 2.45) is 0 Å². The molecule has 0 saturated heterocycles. The first-order valence-corrected chi connectivity index (χ1v) is 5.58. The van der Waals surface area contributed by atoms with Gasteiger partial charge in [-0.05, 0) is 12.1 Å². The van der Waals surface area contributed by atoms with Crippen molar-refractivity contribution in [3.05, 3.63) is 49.3 Å². The van der Waals surface area contributed by atoms with Gasteiger partial charge in [-0.25, -0.2) is 29.5 Å². The minimum atomic E-state index is -1.26. The van der Waals surface area contributed by atoms with Crippen LogP contribution in [0.5, 0.6) is 0 Å². The Hall–Kier alpha value is -3.56. The minimum absolute atomic E-state index is 0.509. The zero-order valence-electron chi connectivity index (χ0n) is 11.3. The van der Waals surface area contributed by atoms with Crippen molar-refractivity contribution in [2.45, 2.75) is 0 Å². The number of carboxylic acids is 2. The Balaban J connectivity index is 0.000000301. The number of hydrogen-bond donors (Lipinski definition) is 4. The van der Waals surface area contributed by atoms with Gasteiger partial charge in [0.05, 0.1) is 0 Å². The molecule has 2 rings (SSSR count). The monoisotopic (exact) mass is 306 g/mol. The third-order valence-corrected chi connectivity index (χ3v) is 1.58. The van der Waals surface area contributed by atoms with Gasteiger partial charge in [0.15, 0.2) is 0 Å². The van der Waals surface area contributed by atoms with Crippen molar-refractivity contribution in [2.75, 3.05) is 11.5 Å². The van der Waals surface area contributed by atoms with Crippen LogP contribution in [0.2, 0.25) is 0 Å². The lowest BCUT2D eigenvalue weighted by molar-refractivity contribution is -0.134. The lowest BCUT2D eigenvalue weighted by Gasteiger charge is -1.82. The quantitative estimate of drug-likeness (QED) is 0.544. The molecule has 0 spiro atoms. The first-order valence-electron chi connectivity index (χ1n) is 5.58. The first kappa shape index (κ1) is 18.4. The van der Waals surface area contributed by atoms with Gasteiger partial charge in [0.25, 0.3) is 0 Å². The fourth-order valence-corrected chi connectivity index (χ4v) is 0.744. The van der Waals surface area contributed by atoms with Gasteiger partial charge in [0.1, 0.15) is 24.3 Å². The molecule has 0 aliphatic rings. The zero-order chi connectivity index (χ0) is 16.8. The van der Waals surface area contributed by atoms with E-state index < -0.39 is 11.9 Å². The van der Waals surface area contributed by atoms with Crippen LogP contribution in [0.15, 0.2) is 49.3 Å².